The summed E-state index contributed by atoms with van der Waals surface area (Å²) >= 11 is 0. The van der Waals surface area contributed by atoms with Crippen LogP contribution in [-0.2, 0) is 4.79 Å². The number of carbonyl (C=O) groups is 1. The number of rotatable bonds is 8. The fraction of sp³-hybridized carbons (Fsp3) is 0.280. The van der Waals surface area contributed by atoms with Crippen LogP contribution in [0.2, 0.25) is 0 Å². The fourth-order valence-electron chi connectivity index (χ4n) is 4.00. The van der Waals surface area contributed by atoms with E-state index in [0.717, 1.165) is 0 Å². The lowest BCUT2D eigenvalue weighted by molar-refractivity contribution is -0.198. The van der Waals surface area contributed by atoms with E-state index >= 15 is 0 Å². The topological polar surface area (TPSA) is 142 Å². The lowest BCUT2D eigenvalue weighted by atomic mass is 9.90. The van der Waals surface area contributed by atoms with Gasteiger partial charge in [-0.3, -0.25) is 4.79 Å². The summed E-state index contributed by atoms with van der Waals surface area (Å²) in [5.41, 5.74) is 13.0. The maximum Gasteiger partial charge on any atom is 0.429 e. The molecule has 194 valence electrons. The lowest BCUT2D eigenvalue weighted by Gasteiger charge is -2.24. The van der Waals surface area contributed by atoms with Crippen LogP contribution in [-0.4, -0.2) is 43.0 Å². The molecule has 4 rings (SSSR count). The van der Waals surface area contributed by atoms with E-state index in [0.29, 0.717) is 17.7 Å². The van der Waals surface area contributed by atoms with Crippen LogP contribution in [0.15, 0.2) is 60.8 Å². The highest BCUT2D eigenvalue weighted by molar-refractivity contribution is 5.74. The Hall–Kier alpha value is -4.19. The summed E-state index contributed by atoms with van der Waals surface area (Å²) in [6.07, 6.45) is 0.448. The molecule has 0 amide bonds. The number of para-hydroxylation sites is 1. The van der Waals surface area contributed by atoms with Gasteiger partial charge in [-0.1, -0.05) is 36.4 Å². The van der Waals surface area contributed by atoms with Crippen molar-refractivity contribution >= 4 is 17.5 Å². The number of hydrogen-bond donors (Lipinski definition) is 3. The summed E-state index contributed by atoms with van der Waals surface area (Å²) in [5, 5.41) is 13.2. The molecule has 12 heteroatoms. The van der Waals surface area contributed by atoms with Crippen molar-refractivity contribution in [2.24, 2.45) is 11.7 Å². The Morgan fingerprint density at radius 3 is 2.65 bits per heavy atom. The molecule has 1 unspecified atom stereocenters. The Morgan fingerprint density at radius 2 is 2.03 bits per heavy atom. The summed E-state index contributed by atoms with van der Waals surface area (Å²) in [6.45, 7) is 1.74. The number of nitrogens with zero attached hydrogens (tertiary/aromatic N) is 4. The third-order valence-electron chi connectivity index (χ3n) is 5.80. The number of alkyl halides is 3. The average molecular weight is 515 g/mol. The quantitative estimate of drug-likeness (QED) is 0.410. The Balaban J connectivity index is 1.62. The Labute approximate surface area is 210 Å². The number of hydrogen-bond acceptors (Lipinski definition) is 7. The SMILES string of the molecule is Cc1ccn(-c2ccccc2[C@@H](Oc2cc(C3=CCC(C[C@H](N)C(=O)O)C=C3)nc(N)n2)C(F)(F)F)n1. The third kappa shape index (κ3) is 6.15. The normalized spacial score (nSPS) is 17.2. The number of halogens is 3. The van der Waals surface area contributed by atoms with Crippen molar-refractivity contribution in [3.05, 3.63) is 77.8 Å². The van der Waals surface area contributed by atoms with Gasteiger partial charge in [0.1, 0.15) is 6.04 Å². The minimum atomic E-state index is -4.78. The van der Waals surface area contributed by atoms with Crippen LogP contribution in [0.5, 0.6) is 5.88 Å². The molecule has 2 heterocycles. The van der Waals surface area contributed by atoms with Gasteiger partial charge in [0.15, 0.2) is 0 Å². The summed E-state index contributed by atoms with van der Waals surface area (Å²) in [4.78, 5) is 19.0. The number of nitrogens with two attached hydrogens (primary N) is 2. The van der Waals surface area contributed by atoms with Crippen LogP contribution in [0, 0.1) is 12.8 Å². The molecule has 3 atom stereocenters. The van der Waals surface area contributed by atoms with Crippen LogP contribution in [0.1, 0.15) is 35.9 Å². The number of allylic oxidation sites excluding steroid dienone is 4. The molecule has 3 aromatic rings. The van der Waals surface area contributed by atoms with Gasteiger partial charge in [0.05, 0.1) is 17.1 Å². The number of aromatic nitrogens is 4. The maximum atomic E-state index is 14.2. The second-order valence-corrected chi connectivity index (χ2v) is 8.64. The summed E-state index contributed by atoms with van der Waals surface area (Å²) in [5.74, 6) is -1.78. The van der Waals surface area contributed by atoms with Crippen molar-refractivity contribution in [1.29, 1.82) is 0 Å². The van der Waals surface area contributed by atoms with Crippen molar-refractivity contribution in [2.75, 3.05) is 5.73 Å². The highest BCUT2D eigenvalue weighted by atomic mass is 19.4. The molecule has 5 N–H and O–H groups in total. The monoisotopic (exact) mass is 514 g/mol. The first-order chi connectivity index (χ1) is 17.5. The lowest BCUT2D eigenvalue weighted by Crippen LogP contribution is -2.32. The van der Waals surface area contributed by atoms with Gasteiger partial charge in [0.2, 0.25) is 17.9 Å². The third-order valence-corrected chi connectivity index (χ3v) is 5.80. The minimum absolute atomic E-state index is 0.0956. The number of anilines is 1. The highest BCUT2D eigenvalue weighted by Gasteiger charge is 2.45. The van der Waals surface area contributed by atoms with E-state index in [2.05, 4.69) is 15.1 Å². The van der Waals surface area contributed by atoms with Crippen molar-refractivity contribution < 1.29 is 27.8 Å². The van der Waals surface area contributed by atoms with E-state index in [1.54, 1.807) is 43.5 Å². The van der Waals surface area contributed by atoms with Gasteiger partial charge >= 0.3 is 12.1 Å². The molecule has 0 radical (unpaired) electrons. The number of carboxylic acid groups (broad SMARTS) is 1. The van der Waals surface area contributed by atoms with E-state index in [9.17, 15) is 18.0 Å². The fourth-order valence-corrected chi connectivity index (χ4v) is 4.00. The second-order valence-electron chi connectivity index (χ2n) is 8.64. The summed E-state index contributed by atoms with van der Waals surface area (Å²) in [6, 6.07) is 7.92. The van der Waals surface area contributed by atoms with Gasteiger partial charge in [-0.2, -0.15) is 23.3 Å². The molecular weight excluding hydrogens is 489 g/mol. The predicted molar refractivity (Wildman–Crippen MR) is 130 cm³/mol. The highest BCUT2D eigenvalue weighted by Crippen LogP contribution is 2.39. The van der Waals surface area contributed by atoms with Crippen LogP contribution in [0.4, 0.5) is 19.1 Å². The number of nitrogen functional groups attached to an aromatic ring is 1. The zero-order valence-electron chi connectivity index (χ0n) is 19.8. The second kappa shape index (κ2) is 10.4. The molecule has 0 bridgehead atoms. The van der Waals surface area contributed by atoms with E-state index in [1.165, 1.54) is 28.9 Å². The molecule has 9 nitrogen and oxygen atoms in total. The number of ether oxygens (including phenoxy) is 1. The van der Waals surface area contributed by atoms with Gasteiger partial charge in [0.25, 0.3) is 0 Å². The number of aryl methyl sites for hydroxylation is 1. The number of benzene rings is 1. The van der Waals surface area contributed by atoms with Gasteiger partial charge in [-0.15, -0.1) is 0 Å². The van der Waals surface area contributed by atoms with Gasteiger partial charge in [-0.05, 0) is 43.4 Å². The van der Waals surface area contributed by atoms with E-state index in [1.807, 2.05) is 0 Å². The maximum absolute atomic E-state index is 14.2. The van der Waals surface area contributed by atoms with Crippen molar-refractivity contribution in [3.63, 3.8) is 0 Å². The van der Waals surface area contributed by atoms with Crippen molar-refractivity contribution in [1.82, 2.24) is 19.7 Å². The van der Waals surface area contributed by atoms with Crippen LogP contribution < -0.4 is 16.2 Å². The average Bonchev–Trinajstić information content (AvgIpc) is 3.28. The van der Waals surface area contributed by atoms with Crippen LogP contribution >= 0.6 is 0 Å². The summed E-state index contributed by atoms with van der Waals surface area (Å²) < 4.78 is 49.5. The minimum Gasteiger partial charge on any atom is -0.480 e. The van der Waals surface area contributed by atoms with Crippen LogP contribution in [0.25, 0.3) is 11.3 Å². The number of aliphatic carboxylic acids is 1. The van der Waals surface area contributed by atoms with E-state index < -0.39 is 24.3 Å². The smallest absolute Gasteiger partial charge is 0.429 e. The molecule has 1 aliphatic rings. The molecule has 0 saturated carbocycles. The van der Waals surface area contributed by atoms with E-state index in [-0.39, 0.29) is 41.1 Å². The standard InChI is InChI=1S/C25H25F3N6O3/c1-14-10-11-34(33-14)20-5-3-2-4-17(20)22(25(26,27)28)37-21-13-19(31-24(30)32-21)16-8-6-15(7-9-16)12-18(29)23(35)36/h2-6,8-11,13,15,18,22H,7,12,29H2,1H3,(H,35,36)(H2,30,31,32)/t15?,18-,22+/m0/s1. The largest absolute Gasteiger partial charge is 0.480 e. The molecule has 37 heavy (non-hydrogen) atoms. The van der Waals surface area contributed by atoms with Crippen LogP contribution in [0.3, 0.4) is 0 Å². The number of carboxylic acids is 1. The zero-order chi connectivity index (χ0) is 26.7. The zero-order valence-corrected chi connectivity index (χ0v) is 19.8. The van der Waals surface area contributed by atoms with Gasteiger partial charge in [0, 0.05) is 17.8 Å². The Morgan fingerprint density at radius 1 is 1.27 bits per heavy atom. The first-order valence-corrected chi connectivity index (χ1v) is 11.4. The van der Waals surface area contributed by atoms with Gasteiger partial charge in [-0.25, -0.2) is 9.67 Å². The molecule has 0 aliphatic heterocycles. The molecular formula is C25H25F3N6O3. The molecule has 0 fully saturated rings. The Bertz CT molecular complexity index is 1350. The molecule has 1 aromatic carbocycles. The molecule has 0 spiro atoms. The summed E-state index contributed by atoms with van der Waals surface area (Å²) in [7, 11) is 0. The van der Waals surface area contributed by atoms with Crippen molar-refractivity contribution in [2.45, 2.75) is 38.1 Å². The first kappa shape index (κ1) is 25.9. The van der Waals surface area contributed by atoms with E-state index in [4.69, 9.17) is 21.3 Å². The molecule has 0 saturated heterocycles. The van der Waals surface area contributed by atoms with Crippen molar-refractivity contribution in [3.8, 4) is 11.6 Å². The predicted octanol–water partition coefficient (Wildman–Crippen LogP) is 4.00. The van der Waals surface area contributed by atoms with Gasteiger partial charge < -0.3 is 21.3 Å². The Kier molecular flexibility index (Phi) is 7.30. The molecule has 2 aromatic heterocycles. The first-order valence-electron chi connectivity index (χ1n) is 11.4. The molecule has 1 aliphatic carbocycles.